The van der Waals surface area contributed by atoms with Crippen molar-refractivity contribution in [1.82, 2.24) is 4.72 Å². The van der Waals surface area contributed by atoms with Gasteiger partial charge in [-0.1, -0.05) is 0 Å². The fourth-order valence-electron chi connectivity index (χ4n) is 2.20. The third-order valence-electron chi connectivity index (χ3n) is 3.68. The third-order valence-corrected chi connectivity index (χ3v) is 5.09. The van der Waals surface area contributed by atoms with Crippen molar-refractivity contribution in [2.45, 2.75) is 17.7 Å². The lowest BCUT2D eigenvalue weighted by molar-refractivity contribution is -0.142. The molecule has 0 atom stereocenters. The molecule has 0 aromatic heterocycles. The molecule has 0 bridgehead atoms. The predicted molar refractivity (Wildman–Crippen MR) is 97.3 cm³/mol. The van der Waals surface area contributed by atoms with Crippen LogP contribution in [0.5, 0.6) is 0 Å². The van der Waals surface area contributed by atoms with E-state index >= 15 is 0 Å². The van der Waals surface area contributed by atoms with E-state index in [0.717, 1.165) is 0 Å². The van der Waals surface area contributed by atoms with E-state index in [-0.39, 0.29) is 30.1 Å². The summed E-state index contributed by atoms with van der Waals surface area (Å²) < 4.78 is 43.9. The smallest absolute Gasteiger partial charge is 0.321 e. The topological polar surface area (TPSA) is 113 Å². The van der Waals surface area contributed by atoms with Gasteiger partial charge in [0, 0.05) is 12.0 Å². The van der Waals surface area contributed by atoms with Gasteiger partial charge in [-0.15, -0.1) is 0 Å². The van der Waals surface area contributed by atoms with E-state index in [9.17, 15) is 22.4 Å². The molecule has 7 nitrogen and oxygen atoms in total. The second kappa shape index (κ2) is 9.73. The second-order valence-electron chi connectivity index (χ2n) is 5.71. The highest BCUT2D eigenvalue weighted by molar-refractivity contribution is 7.89. The summed E-state index contributed by atoms with van der Waals surface area (Å²) in [7, 11) is -3.91. The number of hydrogen-bond donors (Lipinski definition) is 1. The number of nitriles is 1. The summed E-state index contributed by atoms with van der Waals surface area (Å²) in [5, 5.41) is 8.71. The van der Waals surface area contributed by atoms with Crippen LogP contribution < -0.4 is 4.72 Å². The van der Waals surface area contributed by atoms with Gasteiger partial charge in [0.2, 0.25) is 10.0 Å². The molecule has 0 aliphatic rings. The molecule has 0 radical (unpaired) electrons. The van der Waals surface area contributed by atoms with E-state index in [1.807, 2.05) is 6.07 Å². The van der Waals surface area contributed by atoms with Gasteiger partial charge in [0.1, 0.15) is 12.4 Å². The molecule has 0 aliphatic heterocycles. The van der Waals surface area contributed by atoms with E-state index < -0.39 is 28.4 Å². The van der Waals surface area contributed by atoms with Gasteiger partial charge in [-0.2, -0.15) is 9.98 Å². The lowest BCUT2D eigenvalue weighted by Crippen LogP contribution is -2.30. The van der Waals surface area contributed by atoms with Crippen molar-refractivity contribution in [1.29, 1.82) is 5.26 Å². The maximum absolute atomic E-state index is 12.8. The SMILES string of the molecule is N#Cc1ccc(S(=O)(=O)NCC(=O)OCCCC(=O)c2ccc(F)cc2)cc1. The van der Waals surface area contributed by atoms with E-state index in [4.69, 9.17) is 10.00 Å². The summed E-state index contributed by atoms with van der Waals surface area (Å²) in [6, 6.07) is 12.2. The minimum absolute atomic E-state index is 0.0512. The van der Waals surface area contributed by atoms with Gasteiger partial charge >= 0.3 is 5.97 Å². The van der Waals surface area contributed by atoms with Crippen molar-refractivity contribution in [2.75, 3.05) is 13.2 Å². The normalized spacial score (nSPS) is 10.9. The number of Topliss-reactive ketones (excluding diaryl/α,β-unsaturated/α-hetero) is 1. The Bertz CT molecular complexity index is 980. The number of carbonyl (C=O) groups excluding carboxylic acids is 2. The molecule has 0 unspecified atom stereocenters. The molecule has 0 spiro atoms. The van der Waals surface area contributed by atoms with E-state index in [0.29, 0.717) is 11.1 Å². The monoisotopic (exact) mass is 404 g/mol. The fourth-order valence-corrected chi connectivity index (χ4v) is 3.16. The fraction of sp³-hybridized carbons (Fsp3) is 0.211. The molecule has 2 rings (SSSR count). The van der Waals surface area contributed by atoms with Crippen LogP contribution >= 0.6 is 0 Å². The number of nitrogens with one attached hydrogen (secondary N) is 1. The highest BCUT2D eigenvalue weighted by Gasteiger charge is 2.16. The van der Waals surface area contributed by atoms with Crippen LogP contribution in [0.1, 0.15) is 28.8 Å². The summed E-state index contributed by atoms with van der Waals surface area (Å²) >= 11 is 0. The minimum Gasteiger partial charge on any atom is -0.465 e. The van der Waals surface area contributed by atoms with Crippen molar-refractivity contribution in [2.24, 2.45) is 0 Å². The Balaban J connectivity index is 1.72. The summed E-state index contributed by atoms with van der Waals surface area (Å²) in [4.78, 5) is 23.5. The van der Waals surface area contributed by atoms with Crippen LogP contribution in [0, 0.1) is 17.1 Å². The van der Waals surface area contributed by atoms with Crippen LogP contribution in [0.4, 0.5) is 4.39 Å². The van der Waals surface area contributed by atoms with Crippen molar-refractivity contribution < 1.29 is 27.1 Å². The molecule has 2 aromatic carbocycles. The second-order valence-corrected chi connectivity index (χ2v) is 7.48. The molecule has 0 amide bonds. The van der Waals surface area contributed by atoms with Gasteiger partial charge in [-0.3, -0.25) is 9.59 Å². The number of sulfonamides is 1. The number of ether oxygens (including phenoxy) is 1. The molecular formula is C19H17FN2O5S. The van der Waals surface area contributed by atoms with Crippen molar-refractivity contribution in [3.63, 3.8) is 0 Å². The van der Waals surface area contributed by atoms with Gasteiger partial charge in [-0.25, -0.2) is 12.8 Å². The van der Waals surface area contributed by atoms with Crippen molar-refractivity contribution in [3.05, 3.63) is 65.5 Å². The standard InChI is InChI=1S/C19H17FN2O5S/c20-16-7-5-15(6-8-16)18(23)2-1-11-27-19(24)13-22-28(25,26)17-9-3-14(12-21)4-10-17/h3-10,22H,1-2,11,13H2. The highest BCUT2D eigenvalue weighted by Crippen LogP contribution is 2.10. The molecule has 0 heterocycles. The first-order chi connectivity index (χ1) is 13.3. The Labute approximate surface area is 161 Å². The van der Waals surface area contributed by atoms with Crippen molar-refractivity contribution in [3.8, 4) is 6.07 Å². The lowest BCUT2D eigenvalue weighted by Gasteiger charge is -2.07. The maximum Gasteiger partial charge on any atom is 0.321 e. The molecule has 28 heavy (non-hydrogen) atoms. The summed E-state index contributed by atoms with van der Waals surface area (Å²) in [5.74, 6) is -1.43. The minimum atomic E-state index is -3.91. The van der Waals surface area contributed by atoms with Crippen LogP contribution in [-0.4, -0.2) is 33.3 Å². The van der Waals surface area contributed by atoms with Gasteiger partial charge in [0.25, 0.3) is 0 Å². The van der Waals surface area contributed by atoms with Gasteiger partial charge in [0.15, 0.2) is 5.78 Å². The maximum atomic E-state index is 12.8. The highest BCUT2D eigenvalue weighted by atomic mass is 32.2. The average Bonchev–Trinajstić information content (AvgIpc) is 2.70. The molecule has 0 fully saturated rings. The zero-order chi connectivity index (χ0) is 20.6. The molecule has 0 saturated carbocycles. The summed E-state index contributed by atoms with van der Waals surface area (Å²) in [6.07, 6.45) is 0.361. The average molecular weight is 404 g/mol. The van der Waals surface area contributed by atoms with Crippen LogP contribution in [0.3, 0.4) is 0 Å². The number of benzene rings is 2. The molecule has 146 valence electrons. The third kappa shape index (κ3) is 6.26. The van der Waals surface area contributed by atoms with Gasteiger partial charge in [0.05, 0.1) is 23.1 Å². The Morgan fingerprint density at radius 2 is 1.71 bits per heavy atom. The molecule has 9 heteroatoms. The van der Waals surface area contributed by atoms with Crippen molar-refractivity contribution >= 4 is 21.8 Å². The molecule has 1 N–H and O–H groups in total. The number of carbonyl (C=O) groups is 2. The Morgan fingerprint density at radius 1 is 1.07 bits per heavy atom. The number of ketones is 1. The molecular weight excluding hydrogens is 387 g/mol. The number of rotatable bonds is 9. The first-order valence-electron chi connectivity index (χ1n) is 8.26. The molecule has 2 aromatic rings. The van der Waals surface area contributed by atoms with E-state index in [2.05, 4.69) is 4.72 Å². The quantitative estimate of drug-likeness (QED) is 0.389. The zero-order valence-electron chi connectivity index (χ0n) is 14.7. The number of halogens is 1. The van der Waals surface area contributed by atoms with Crippen LogP contribution in [0.2, 0.25) is 0 Å². The predicted octanol–water partition coefficient (Wildman–Crippen LogP) is 2.18. The van der Waals surface area contributed by atoms with E-state index in [1.54, 1.807) is 0 Å². The largest absolute Gasteiger partial charge is 0.465 e. The number of nitrogens with zero attached hydrogens (tertiary/aromatic N) is 1. The Morgan fingerprint density at radius 3 is 2.32 bits per heavy atom. The molecule has 0 aliphatic carbocycles. The van der Waals surface area contributed by atoms with Crippen LogP contribution in [0.25, 0.3) is 0 Å². The summed E-state index contributed by atoms with van der Waals surface area (Å²) in [5.41, 5.74) is 0.677. The van der Waals surface area contributed by atoms with E-state index in [1.165, 1.54) is 48.5 Å². The number of hydrogen-bond acceptors (Lipinski definition) is 6. The van der Waals surface area contributed by atoms with Gasteiger partial charge < -0.3 is 4.74 Å². The first kappa shape index (κ1) is 21.2. The van der Waals surface area contributed by atoms with Gasteiger partial charge in [-0.05, 0) is 55.0 Å². The Kier molecular flexibility index (Phi) is 7.37. The first-order valence-corrected chi connectivity index (χ1v) is 9.74. The molecule has 0 saturated heterocycles. The number of esters is 1. The summed E-state index contributed by atoms with van der Waals surface area (Å²) in [6.45, 7) is -0.612. The Hall–Kier alpha value is -3.09. The lowest BCUT2D eigenvalue weighted by atomic mass is 10.1. The van der Waals surface area contributed by atoms with Crippen LogP contribution in [-0.2, 0) is 19.6 Å². The van der Waals surface area contributed by atoms with Crippen LogP contribution in [0.15, 0.2) is 53.4 Å². The zero-order valence-corrected chi connectivity index (χ0v) is 15.5.